The third-order valence-electron chi connectivity index (χ3n) is 2.82. The summed E-state index contributed by atoms with van der Waals surface area (Å²) < 4.78 is 35.7. The van der Waals surface area contributed by atoms with E-state index in [9.17, 15) is 13.2 Å². The highest BCUT2D eigenvalue weighted by molar-refractivity contribution is 5.24. The first-order valence-electron chi connectivity index (χ1n) is 5.78. The standard InChI is InChI=1S/C13H18F3N/c1-3-10(2)12-6-4-11(5-7-12)8-17-9-13(14,15)16/h4-7,10,17H,3,8-9H2,1-2H3. The Morgan fingerprint density at radius 3 is 2.24 bits per heavy atom. The van der Waals surface area contributed by atoms with E-state index < -0.39 is 12.7 Å². The van der Waals surface area contributed by atoms with Crippen molar-refractivity contribution in [3.63, 3.8) is 0 Å². The van der Waals surface area contributed by atoms with Gasteiger partial charge in [-0.2, -0.15) is 13.2 Å². The van der Waals surface area contributed by atoms with Crippen LogP contribution in [-0.2, 0) is 6.54 Å². The monoisotopic (exact) mass is 245 g/mol. The average molecular weight is 245 g/mol. The molecule has 1 rings (SSSR count). The van der Waals surface area contributed by atoms with E-state index >= 15 is 0 Å². The first kappa shape index (κ1) is 14.0. The molecule has 0 aliphatic rings. The van der Waals surface area contributed by atoms with Crippen molar-refractivity contribution in [3.05, 3.63) is 35.4 Å². The predicted octanol–water partition coefficient (Wildman–Crippen LogP) is 3.85. The van der Waals surface area contributed by atoms with Gasteiger partial charge in [-0.15, -0.1) is 0 Å². The van der Waals surface area contributed by atoms with Crippen molar-refractivity contribution in [2.24, 2.45) is 0 Å². The van der Waals surface area contributed by atoms with Gasteiger partial charge in [-0.1, -0.05) is 38.1 Å². The molecule has 0 amide bonds. The Kier molecular flexibility index (Phi) is 5.00. The summed E-state index contributed by atoms with van der Waals surface area (Å²) in [6.45, 7) is 3.56. The maximum absolute atomic E-state index is 11.9. The van der Waals surface area contributed by atoms with Crippen LogP contribution in [0.4, 0.5) is 13.2 Å². The fourth-order valence-electron chi connectivity index (χ4n) is 1.55. The molecule has 0 saturated carbocycles. The van der Waals surface area contributed by atoms with Crippen LogP contribution in [0.5, 0.6) is 0 Å². The number of nitrogens with one attached hydrogen (secondary N) is 1. The quantitative estimate of drug-likeness (QED) is 0.830. The summed E-state index contributed by atoms with van der Waals surface area (Å²) in [4.78, 5) is 0. The lowest BCUT2D eigenvalue weighted by atomic mass is 9.98. The van der Waals surface area contributed by atoms with Crippen LogP contribution in [-0.4, -0.2) is 12.7 Å². The van der Waals surface area contributed by atoms with E-state index in [0.717, 1.165) is 12.0 Å². The van der Waals surface area contributed by atoms with Crippen LogP contribution in [0.2, 0.25) is 0 Å². The molecular formula is C13H18F3N. The smallest absolute Gasteiger partial charge is 0.305 e. The van der Waals surface area contributed by atoms with Crippen LogP contribution < -0.4 is 5.32 Å². The second kappa shape index (κ2) is 6.05. The molecule has 1 aromatic carbocycles. The number of alkyl halides is 3. The lowest BCUT2D eigenvalue weighted by Gasteiger charge is -2.11. The average Bonchev–Trinajstić information content (AvgIpc) is 2.27. The molecule has 0 radical (unpaired) electrons. The van der Waals surface area contributed by atoms with E-state index in [2.05, 4.69) is 19.2 Å². The zero-order valence-electron chi connectivity index (χ0n) is 10.1. The van der Waals surface area contributed by atoms with Crippen molar-refractivity contribution in [2.75, 3.05) is 6.54 Å². The van der Waals surface area contributed by atoms with Crippen LogP contribution in [0.1, 0.15) is 37.3 Å². The largest absolute Gasteiger partial charge is 0.401 e. The summed E-state index contributed by atoms with van der Waals surface area (Å²) >= 11 is 0. The Balaban J connectivity index is 2.46. The molecule has 17 heavy (non-hydrogen) atoms. The van der Waals surface area contributed by atoms with Gasteiger partial charge in [-0.05, 0) is 23.5 Å². The van der Waals surface area contributed by atoms with Crippen LogP contribution in [0.3, 0.4) is 0 Å². The fourth-order valence-corrected chi connectivity index (χ4v) is 1.55. The minimum atomic E-state index is -4.14. The highest BCUT2D eigenvalue weighted by Crippen LogP contribution is 2.19. The second-order valence-corrected chi connectivity index (χ2v) is 4.27. The molecule has 0 aliphatic heterocycles. The van der Waals surface area contributed by atoms with Crippen molar-refractivity contribution in [1.29, 1.82) is 0 Å². The van der Waals surface area contributed by atoms with Crippen LogP contribution in [0.25, 0.3) is 0 Å². The summed E-state index contributed by atoms with van der Waals surface area (Å²) in [6.07, 6.45) is -3.08. The van der Waals surface area contributed by atoms with E-state index in [0.29, 0.717) is 5.92 Å². The van der Waals surface area contributed by atoms with Crippen LogP contribution >= 0.6 is 0 Å². The topological polar surface area (TPSA) is 12.0 Å². The Morgan fingerprint density at radius 2 is 1.76 bits per heavy atom. The SMILES string of the molecule is CCC(C)c1ccc(CNCC(F)(F)F)cc1. The molecule has 1 atom stereocenters. The van der Waals surface area contributed by atoms with Gasteiger partial charge in [0.25, 0.3) is 0 Å². The fraction of sp³-hybridized carbons (Fsp3) is 0.538. The molecule has 0 saturated heterocycles. The summed E-state index contributed by atoms with van der Waals surface area (Å²) in [6, 6.07) is 7.73. The Labute approximate surface area is 100 Å². The number of hydrogen-bond acceptors (Lipinski definition) is 1. The van der Waals surface area contributed by atoms with Gasteiger partial charge in [0, 0.05) is 6.54 Å². The molecule has 1 unspecified atom stereocenters. The van der Waals surface area contributed by atoms with Gasteiger partial charge < -0.3 is 5.32 Å². The van der Waals surface area contributed by atoms with Gasteiger partial charge in [0.05, 0.1) is 6.54 Å². The van der Waals surface area contributed by atoms with Crippen molar-refractivity contribution < 1.29 is 13.2 Å². The molecule has 96 valence electrons. The highest BCUT2D eigenvalue weighted by atomic mass is 19.4. The van der Waals surface area contributed by atoms with Gasteiger partial charge in [-0.25, -0.2) is 0 Å². The Morgan fingerprint density at radius 1 is 1.18 bits per heavy atom. The van der Waals surface area contributed by atoms with E-state index in [1.165, 1.54) is 5.56 Å². The van der Waals surface area contributed by atoms with Crippen molar-refractivity contribution in [1.82, 2.24) is 5.32 Å². The number of benzene rings is 1. The van der Waals surface area contributed by atoms with Gasteiger partial charge in [0.1, 0.15) is 0 Å². The number of halogens is 3. The molecule has 1 N–H and O–H groups in total. The third kappa shape index (κ3) is 5.22. The van der Waals surface area contributed by atoms with E-state index in [-0.39, 0.29) is 6.54 Å². The number of rotatable bonds is 5. The van der Waals surface area contributed by atoms with Gasteiger partial charge in [0.2, 0.25) is 0 Å². The molecule has 0 spiro atoms. The second-order valence-electron chi connectivity index (χ2n) is 4.27. The lowest BCUT2D eigenvalue weighted by Crippen LogP contribution is -2.28. The van der Waals surface area contributed by atoms with Gasteiger partial charge in [-0.3, -0.25) is 0 Å². The van der Waals surface area contributed by atoms with Gasteiger partial charge in [0.15, 0.2) is 0 Å². The normalized spacial score (nSPS) is 13.7. The minimum absolute atomic E-state index is 0.250. The molecule has 0 heterocycles. The highest BCUT2D eigenvalue weighted by Gasteiger charge is 2.25. The number of hydrogen-bond donors (Lipinski definition) is 1. The van der Waals surface area contributed by atoms with Crippen LogP contribution in [0, 0.1) is 0 Å². The molecule has 0 aliphatic carbocycles. The van der Waals surface area contributed by atoms with Crippen molar-refractivity contribution >= 4 is 0 Å². The molecule has 1 aromatic rings. The van der Waals surface area contributed by atoms with E-state index in [1.807, 2.05) is 24.3 Å². The summed E-state index contributed by atoms with van der Waals surface area (Å²) in [5.74, 6) is 0.493. The van der Waals surface area contributed by atoms with Crippen molar-refractivity contribution in [2.45, 2.75) is 38.9 Å². The summed E-state index contributed by atoms with van der Waals surface area (Å²) in [7, 11) is 0. The molecule has 0 bridgehead atoms. The molecular weight excluding hydrogens is 227 g/mol. The predicted molar refractivity (Wildman–Crippen MR) is 62.9 cm³/mol. The molecule has 4 heteroatoms. The Bertz CT molecular complexity index is 330. The van der Waals surface area contributed by atoms with Crippen molar-refractivity contribution in [3.8, 4) is 0 Å². The maximum atomic E-state index is 11.9. The van der Waals surface area contributed by atoms with Gasteiger partial charge >= 0.3 is 6.18 Å². The minimum Gasteiger partial charge on any atom is -0.305 e. The van der Waals surface area contributed by atoms with Crippen LogP contribution in [0.15, 0.2) is 24.3 Å². The first-order chi connectivity index (χ1) is 7.92. The maximum Gasteiger partial charge on any atom is 0.401 e. The van der Waals surface area contributed by atoms with E-state index in [4.69, 9.17) is 0 Å². The van der Waals surface area contributed by atoms with E-state index in [1.54, 1.807) is 0 Å². The summed E-state index contributed by atoms with van der Waals surface area (Å²) in [5.41, 5.74) is 2.10. The third-order valence-corrected chi connectivity index (χ3v) is 2.82. The first-order valence-corrected chi connectivity index (χ1v) is 5.78. The molecule has 1 nitrogen and oxygen atoms in total. The zero-order valence-corrected chi connectivity index (χ0v) is 10.1. The lowest BCUT2D eigenvalue weighted by molar-refractivity contribution is -0.125. The Hall–Kier alpha value is -1.03. The summed E-state index contributed by atoms with van der Waals surface area (Å²) in [5, 5.41) is 2.38. The molecule has 0 fully saturated rings. The molecule has 0 aromatic heterocycles. The zero-order chi connectivity index (χ0) is 12.9.